The zero-order valence-corrected chi connectivity index (χ0v) is 19.6. The van der Waals surface area contributed by atoms with Crippen molar-refractivity contribution in [3.05, 3.63) is 98.2 Å². The second kappa shape index (κ2) is 8.90. The van der Waals surface area contributed by atoms with Crippen LogP contribution in [0, 0.1) is 17.0 Å². The number of amides is 1. The summed E-state index contributed by atoms with van der Waals surface area (Å²) >= 11 is 12.3. The molecule has 1 amide bonds. The van der Waals surface area contributed by atoms with Crippen LogP contribution in [0.5, 0.6) is 0 Å². The highest BCUT2D eigenvalue weighted by Crippen LogP contribution is 2.33. The van der Waals surface area contributed by atoms with E-state index in [0.29, 0.717) is 49.6 Å². The van der Waals surface area contributed by atoms with E-state index < -0.39 is 10.8 Å². The number of hydrogen-bond donors (Lipinski definition) is 1. The molecule has 0 fully saturated rings. The van der Waals surface area contributed by atoms with E-state index in [1.807, 2.05) is 19.1 Å². The number of fused-ring (bicyclic) bond motifs is 1. The minimum atomic E-state index is -0.491. The molecule has 5 aromatic rings. The van der Waals surface area contributed by atoms with Crippen LogP contribution in [0.15, 0.2) is 75.6 Å². The van der Waals surface area contributed by atoms with Crippen LogP contribution in [0.25, 0.3) is 33.9 Å². The molecule has 0 saturated carbocycles. The van der Waals surface area contributed by atoms with Crippen molar-refractivity contribution in [3.63, 3.8) is 0 Å². The number of carbonyl (C=O) groups excluding carboxylic acids is 1. The molecule has 0 aliphatic rings. The Bertz CT molecular complexity index is 1620. The first-order chi connectivity index (χ1) is 16.8. The van der Waals surface area contributed by atoms with E-state index >= 15 is 0 Å². The molecular weight excluding hydrogens is 493 g/mol. The first-order valence-corrected chi connectivity index (χ1v) is 11.1. The molecule has 35 heavy (non-hydrogen) atoms. The Hall–Kier alpha value is -4.14. The number of non-ortho nitro benzene ring substituents is 1. The van der Waals surface area contributed by atoms with Gasteiger partial charge in [0, 0.05) is 34.0 Å². The molecule has 0 atom stereocenters. The maximum absolute atomic E-state index is 12.9. The Morgan fingerprint density at radius 1 is 1.00 bits per heavy atom. The van der Waals surface area contributed by atoms with Crippen molar-refractivity contribution in [1.29, 1.82) is 0 Å². The number of nitro groups is 1. The van der Waals surface area contributed by atoms with Gasteiger partial charge in [0.25, 0.3) is 11.6 Å². The topological polar surface area (TPSA) is 111 Å². The van der Waals surface area contributed by atoms with Crippen molar-refractivity contribution in [2.75, 3.05) is 5.32 Å². The number of aryl methyl sites for hydroxylation is 1. The first-order valence-electron chi connectivity index (χ1n) is 10.3. The second-order valence-corrected chi connectivity index (χ2v) is 8.55. The average Bonchev–Trinajstić information content (AvgIpc) is 3.48. The number of anilines is 1. The van der Waals surface area contributed by atoms with E-state index in [9.17, 15) is 14.9 Å². The van der Waals surface area contributed by atoms with Crippen LogP contribution in [0.2, 0.25) is 10.0 Å². The number of nitrogens with zero attached hydrogens (tertiary/aromatic N) is 2. The smallest absolute Gasteiger partial charge is 0.291 e. The lowest BCUT2D eigenvalue weighted by Crippen LogP contribution is -2.11. The highest BCUT2D eigenvalue weighted by Gasteiger charge is 2.17. The number of aromatic nitrogens is 1. The highest BCUT2D eigenvalue weighted by molar-refractivity contribution is 6.38. The van der Waals surface area contributed by atoms with Crippen molar-refractivity contribution in [2.45, 2.75) is 6.92 Å². The predicted octanol–water partition coefficient (Wildman–Crippen LogP) is 7.53. The summed E-state index contributed by atoms with van der Waals surface area (Å²) in [5.74, 6) is 0.242. The summed E-state index contributed by atoms with van der Waals surface area (Å²) in [5.41, 5.74) is 3.34. The lowest BCUT2D eigenvalue weighted by atomic mass is 10.1. The van der Waals surface area contributed by atoms with Gasteiger partial charge in [-0.25, -0.2) is 4.98 Å². The lowest BCUT2D eigenvalue weighted by Gasteiger charge is -2.08. The van der Waals surface area contributed by atoms with Crippen molar-refractivity contribution < 1.29 is 18.6 Å². The van der Waals surface area contributed by atoms with Crippen molar-refractivity contribution in [3.8, 4) is 22.8 Å². The summed E-state index contributed by atoms with van der Waals surface area (Å²) in [6.07, 6.45) is 0. The molecule has 0 aliphatic carbocycles. The molecule has 0 bridgehead atoms. The van der Waals surface area contributed by atoms with Crippen LogP contribution in [0.3, 0.4) is 0 Å². The van der Waals surface area contributed by atoms with Gasteiger partial charge in [-0.1, -0.05) is 41.4 Å². The fraction of sp³-hybridized carbons (Fsp3) is 0.0400. The number of oxazole rings is 1. The number of nitro benzene ring substituents is 1. The predicted molar refractivity (Wildman–Crippen MR) is 133 cm³/mol. The Kier molecular flexibility index (Phi) is 5.76. The maximum atomic E-state index is 12.9. The summed E-state index contributed by atoms with van der Waals surface area (Å²) in [4.78, 5) is 27.9. The van der Waals surface area contributed by atoms with Crippen LogP contribution >= 0.6 is 23.2 Å². The van der Waals surface area contributed by atoms with E-state index in [-0.39, 0.29) is 11.4 Å². The molecule has 2 aromatic heterocycles. The molecule has 174 valence electrons. The minimum Gasteiger partial charge on any atom is -0.451 e. The van der Waals surface area contributed by atoms with Gasteiger partial charge < -0.3 is 14.2 Å². The van der Waals surface area contributed by atoms with Gasteiger partial charge in [0.2, 0.25) is 5.89 Å². The number of carbonyl (C=O) groups is 1. The third-order valence-electron chi connectivity index (χ3n) is 5.31. The molecule has 0 spiro atoms. The average molecular weight is 508 g/mol. The third-order valence-corrected chi connectivity index (χ3v) is 5.81. The molecule has 10 heteroatoms. The number of halogens is 2. The first kappa shape index (κ1) is 22.6. The summed E-state index contributed by atoms with van der Waals surface area (Å²) in [5, 5.41) is 14.7. The second-order valence-electron chi connectivity index (χ2n) is 7.71. The van der Waals surface area contributed by atoms with Crippen LogP contribution in [-0.4, -0.2) is 15.8 Å². The molecule has 3 aromatic carbocycles. The lowest BCUT2D eigenvalue weighted by molar-refractivity contribution is -0.384. The van der Waals surface area contributed by atoms with E-state index in [4.69, 9.17) is 32.0 Å². The van der Waals surface area contributed by atoms with Crippen molar-refractivity contribution in [1.82, 2.24) is 4.98 Å². The molecule has 0 unspecified atom stereocenters. The molecular formula is C25H15Cl2N3O5. The number of benzene rings is 3. The van der Waals surface area contributed by atoms with Gasteiger partial charge in [0.15, 0.2) is 11.3 Å². The Balaban J connectivity index is 1.41. The largest absolute Gasteiger partial charge is 0.451 e. The number of rotatable bonds is 5. The fourth-order valence-electron chi connectivity index (χ4n) is 3.54. The number of furan rings is 1. The zero-order valence-electron chi connectivity index (χ0n) is 18.0. The van der Waals surface area contributed by atoms with Crippen molar-refractivity contribution >= 4 is 51.6 Å². The summed E-state index contributed by atoms with van der Waals surface area (Å²) < 4.78 is 11.5. The number of hydrogen-bond acceptors (Lipinski definition) is 6. The van der Waals surface area contributed by atoms with E-state index in [0.717, 1.165) is 5.56 Å². The maximum Gasteiger partial charge on any atom is 0.291 e. The van der Waals surface area contributed by atoms with E-state index in [2.05, 4.69) is 10.3 Å². The quantitative estimate of drug-likeness (QED) is 0.194. The molecule has 5 rings (SSSR count). The van der Waals surface area contributed by atoms with Crippen LogP contribution in [-0.2, 0) is 0 Å². The van der Waals surface area contributed by atoms with Gasteiger partial charge in [-0.15, -0.1) is 0 Å². The molecule has 0 aliphatic heterocycles. The highest BCUT2D eigenvalue weighted by atomic mass is 35.5. The van der Waals surface area contributed by atoms with E-state index in [1.165, 1.54) is 18.2 Å². The van der Waals surface area contributed by atoms with E-state index in [1.54, 1.807) is 36.4 Å². The van der Waals surface area contributed by atoms with Crippen molar-refractivity contribution in [2.24, 2.45) is 0 Å². The Morgan fingerprint density at radius 3 is 2.63 bits per heavy atom. The van der Waals surface area contributed by atoms with Gasteiger partial charge in [0.1, 0.15) is 11.3 Å². The SMILES string of the molecule is Cc1ccc(-c2nc3cc(Cl)cc(Cl)c3o2)cc1NC(=O)c1ccc(-c2cccc([N+](=O)[O-])c2)o1. The molecule has 0 radical (unpaired) electrons. The van der Waals surface area contributed by atoms with Crippen LogP contribution in [0.1, 0.15) is 16.1 Å². The minimum absolute atomic E-state index is 0.0552. The van der Waals surface area contributed by atoms with Gasteiger partial charge in [-0.3, -0.25) is 14.9 Å². The summed E-state index contributed by atoms with van der Waals surface area (Å²) in [6.45, 7) is 1.85. The van der Waals surface area contributed by atoms with Crippen LogP contribution in [0.4, 0.5) is 11.4 Å². The standard InChI is InChI=1S/C25H15Cl2N3O5/c1-13-5-6-15(25-29-20-12-16(26)11-18(27)23(20)35-25)10-19(13)28-24(31)22-8-7-21(34-22)14-3-2-4-17(9-14)30(32)33/h2-12H,1H3,(H,28,31). The van der Waals surface area contributed by atoms with Gasteiger partial charge in [-0.05, 0) is 48.9 Å². The Morgan fingerprint density at radius 2 is 1.83 bits per heavy atom. The van der Waals surface area contributed by atoms with Gasteiger partial charge >= 0.3 is 0 Å². The normalized spacial score (nSPS) is 11.1. The molecule has 0 saturated heterocycles. The van der Waals surface area contributed by atoms with Crippen LogP contribution < -0.4 is 5.32 Å². The Labute approximate surface area is 208 Å². The van der Waals surface area contributed by atoms with Gasteiger partial charge in [0.05, 0.1) is 9.95 Å². The molecule has 8 nitrogen and oxygen atoms in total. The molecule has 2 heterocycles. The number of nitrogens with one attached hydrogen (secondary N) is 1. The monoisotopic (exact) mass is 507 g/mol. The summed E-state index contributed by atoms with van der Waals surface area (Å²) in [7, 11) is 0. The zero-order chi connectivity index (χ0) is 24.7. The fourth-order valence-corrected chi connectivity index (χ4v) is 4.07. The third kappa shape index (κ3) is 4.49. The van der Waals surface area contributed by atoms with Gasteiger partial charge in [-0.2, -0.15) is 0 Å². The summed E-state index contributed by atoms with van der Waals surface area (Å²) in [6, 6.07) is 17.7. The molecule has 1 N–H and O–H groups in total.